The van der Waals surface area contributed by atoms with Gasteiger partial charge in [0, 0.05) is 0 Å². The number of para-hydroxylation sites is 2. The Bertz CT molecular complexity index is 1110. The molecule has 0 atom stereocenters. The molecule has 2 aromatic carbocycles. The van der Waals surface area contributed by atoms with Crippen LogP contribution in [0.4, 0.5) is 5.69 Å². The van der Waals surface area contributed by atoms with Crippen LogP contribution in [-0.4, -0.2) is 40.8 Å². The van der Waals surface area contributed by atoms with Gasteiger partial charge in [-0.05, 0) is 45.0 Å². The average molecular weight is 421 g/mol. The van der Waals surface area contributed by atoms with E-state index < -0.39 is 24.5 Å². The third-order valence-corrected chi connectivity index (χ3v) is 4.53. The Balaban J connectivity index is 1.68. The Morgan fingerprint density at radius 2 is 1.61 bits per heavy atom. The predicted octanol–water partition coefficient (Wildman–Crippen LogP) is 3.46. The molecular formula is C23H23N3O5. The molecule has 0 unspecified atom stereocenters. The quantitative estimate of drug-likeness (QED) is 0.587. The first kappa shape index (κ1) is 21.8. The van der Waals surface area contributed by atoms with Crippen LogP contribution in [0, 0.1) is 13.8 Å². The van der Waals surface area contributed by atoms with Gasteiger partial charge >= 0.3 is 11.9 Å². The summed E-state index contributed by atoms with van der Waals surface area (Å²) < 4.78 is 11.8. The smallest absolute Gasteiger partial charge is 0.342 e. The highest BCUT2D eigenvalue weighted by Crippen LogP contribution is 2.19. The van der Waals surface area contributed by atoms with Crippen molar-refractivity contribution in [1.29, 1.82) is 0 Å². The molecule has 0 saturated heterocycles. The van der Waals surface area contributed by atoms with Crippen molar-refractivity contribution in [3.63, 3.8) is 0 Å². The number of carbonyl (C=O) groups excluding carboxylic acids is 3. The molecule has 0 aliphatic carbocycles. The van der Waals surface area contributed by atoms with E-state index in [1.165, 1.54) is 0 Å². The van der Waals surface area contributed by atoms with Gasteiger partial charge in [-0.25, -0.2) is 14.3 Å². The van der Waals surface area contributed by atoms with Crippen LogP contribution in [0.5, 0.6) is 0 Å². The van der Waals surface area contributed by atoms with Crippen LogP contribution in [0.25, 0.3) is 5.69 Å². The lowest BCUT2D eigenvalue weighted by atomic mass is 10.2. The summed E-state index contributed by atoms with van der Waals surface area (Å²) in [6.07, 6.45) is 0. The fraction of sp³-hybridized carbons (Fsp3) is 0.217. The Morgan fingerprint density at radius 3 is 2.32 bits per heavy atom. The monoisotopic (exact) mass is 421 g/mol. The number of ether oxygens (including phenoxy) is 2. The molecule has 1 aromatic heterocycles. The molecule has 0 spiro atoms. The summed E-state index contributed by atoms with van der Waals surface area (Å²) in [6, 6.07) is 15.9. The van der Waals surface area contributed by atoms with Crippen molar-refractivity contribution in [2.24, 2.45) is 0 Å². The number of nitrogens with zero attached hydrogens (tertiary/aromatic N) is 2. The second-order valence-electron chi connectivity index (χ2n) is 6.68. The van der Waals surface area contributed by atoms with Crippen molar-refractivity contribution >= 4 is 23.5 Å². The number of nitrogens with one attached hydrogen (secondary N) is 1. The highest BCUT2D eigenvalue weighted by Gasteiger charge is 2.22. The van der Waals surface area contributed by atoms with E-state index in [1.54, 1.807) is 49.7 Å². The lowest BCUT2D eigenvalue weighted by Gasteiger charge is -2.11. The molecule has 0 aliphatic heterocycles. The van der Waals surface area contributed by atoms with E-state index in [1.807, 2.05) is 30.3 Å². The van der Waals surface area contributed by atoms with Gasteiger partial charge in [-0.15, -0.1) is 0 Å². The highest BCUT2D eigenvalue weighted by molar-refractivity contribution is 6.02. The number of amides is 1. The van der Waals surface area contributed by atoms with Crippen molar-refractivity contribution in [1.82, 2.24) is 9.78 Å². The number of esters is 2. The Hall–Kier alpha value is -3.94. The molecule has 0 aliphatic rings. The minimum atomic E-state index is -0.647. The minimum Gasteiger partial charge on any atom is -0.462 e. The van der Waals surface area contributed by atoms with Crippen molar-refractivity contribution in [3.8, 4) is 5.69 Å². The van der Waals surface area contributed by atoms with Crippen molar-refractivity contribution in [2.75, 3.05) is 18.5 Å². The molecule has 0 bridgehead atoms. The predicted molar refractivity (Wildman–Crippen MR) is 114 cm³/mol. The standard InChI is InChI=1S/C23H23N3O5/c1-4-30-22(28)18-12-8-9-13-19(18)24-20(27)14-31-23(29)21-15(2)25-26(16(21)3)17-10-6-5-7-11-17/h5-13H,4,14H2,1-3H3,(H,24,27). The molecule has 0 radical (unpaired) electrons. The van der Waals surface area contributed by atoms with Crippen LogP contribution in [-0.2, 0) is 14.3 Å². The summed E-state index contributed by atoms with van der Waals surface area (Å²) in [5.74, 6) is -1.77. The van der Waals surface area contributed by atoms with E-state index in [4.69, 9.17) is 9.47 Å². The van der Waals surface area contributed by atoms with Gasteiger partial charge < -0.3 is 14.8 Å². The van der Waals surface area contributed by atoms with Crippen LogP contribution >= 0.6 is 0 Å². The summed E-state index contributed by atoms with van der Waals surface area (Å²) in [7, 11) is 0. The topological polar surface area (TPSA) is 99.5 Å². The summed E-state index contributed by atoms with van der Waals surface area (Å²) in [6.45, 7) is 4.87. The number of benzene rings is 2. The van der Waals surface area contributed by atoms with Crippen molar-refractivity contribution in [2.45, 2.75) is 20.8 Å². The van der Waals surface area contributed by atoms with Gasteiger partial charge in [-0.1, -0.05) is 30.3 Å². The zero-order chi connectivity index (χ0) is 22.4. The molecule has 31 heavy (non-hydrogen) atoms. The van der Waals surface area contributed by atoms with E-state index in [-0.39, 0.29) is 17.9 Å². The first-order valence-electron chi connectivity index (χ1n) is 9.77. The number of aryl methyl sites for hydroxylation is 1. The third kappa shape index (κ3) is 4.98. The second-order valence-corrected chi connectivity index (χ2v) is 6.68. The van der Waals surface area contributed by atoms with E-state index in [9.17, 15) is 14.4 Å². The van der Waals surface area contributed by atoms with Crippen molar-refractivity contribution in [3.05, 3.63) is 77.1 Å². The average Bonchev–Trinajstić information content (AvgIpc) is 3.07. The number of aromatic nitrogens is 2. The lowest BCUT2D eigenvalue weighted by molar-refractivity contribution is -0.119. The Labute approximate surface area is 179 Å². The maximum absolute atomic E-state index is 12.6. The van der Waals surface area contributed by atoms with E-state index in [0.717, 1.165) is 5.69 Å². The largest absolute Gasteiger partial charge is 0.462 e. The molecule has 8 heteroatoms. The summed E-state index contributed by atoms with van der Waals surface area (Å²) in [4.78, 5) is 37.0. The zero-order valence-corrected chi connectivity index (χ0v) is 17.5. The first-order chi connectivity index (χ1) is 14.9. The van der Waals surface area contributed by atoms with Gasteiger partial charge in [0.2, 0.25) is 0 Å². The fourth-order valence-electron chi connectivity index (χ4n) is 3.13. The molecular weight excluding hydrogens is 398 g/mol. The highest BCUT2D eigenvalue weighted by atomic mass is 16.5. The third-order valence-electron chi connectivity index (χ3n) is 4.53. The SMILES string of the molecule is CCOC(=O)c1ccccc1NC(=O)COC(=O)c1c(C)nn(-c2ccccc2)c1C. The molecule has 1 amide bonds. The normalized spacial score (nSPS) is 10.4. The number of anilines is 1. The Kier molecular flexibility index (Phi) is 6.81. The number of rotatable bonds is 7. The molecule has 0 fully saturated rings. The van der Waals surface area contributed by atoms with Crippen molar-refractivity contribution < 1.29 is 23.9 Å². The van der Waals surface area contributed by atoms with Gasteiger partial charge in [0.1, 0.15) is 5.56 Å². The maximum Gasteiger partial charge on any atom is 0.342 e. The van der Waals surface area contributed by atoms with Gasteiger partial charge in [0.25, 0.3) is 5.91 Å². The van der Waals surface area contributed by atoms with Crippen LogP contribution in [0.3, 0.4) is 0 Å². The molecule has 1 N–H and O–H groups in total. The number of carbonyl (C=O) groups is 3. The molecule has 0 saturated carbocycles. The lowest BCUT2D eigenvalue weighted by Crippen LogP contribution is -2.22. The van der Waals surface area contributed by atoms with E-state index >= 15 is 0 Å². The second kappa shape index (κ2) is 9.71. The van der Waals surface area contributed by atoms with E-state index in [2.05, 4.69) is 10.4 Å². The summed E-state index contributed by atoms with van der Waals surface area (Å²) >= 11 is 0. The van der Waals surface area contributed by atoms with Crippen LogP contribution in [0.1, 0.15) is 39.0 Å². The first-order valence-corrected chi connectivity index (χ1v) is 9.77. The molecule has 1 heterocycles. The Morgan fingerprint density at radius 1 is 0.935 bits per heavy atom. The fourth-order valence-corrected chi connectivity index (χ4v) is 3.13. The van der Waals surface area contributed by atoms with E-state index in [0.29, 0.717) is 17.0 Å². The molecule has 160 valence electrons. The number of hydrogen-bond donors (Lipinski definition) is 1. The minimum absolute atomic E-state index is 0.216. The van der Waals surface area contributed by atoms with Gasteiger partial charge in [0.15, 0.2) is 6.61 Å². The van der Waals surface area contributed by atoms with Gasteiger partial charge in [-0.2, -0.15) is 5.10 Å². The summed E-state index contributed by atoms with van der Waals surface area (Å²) in [5.41, 5.74) is 2.74. The van der Waals surface area contributed by atoms with Gasteiger partial charge in [-0.3, -0.25) is 4.79 Å². The van der Waals surface area contributed by atoms with Crippen LogP contribution in [0.2, 0.25) is 0 Å². The maximum atomic E-state index is 12.6. The molecule has 3 aromatic rings. The number of hydrogen-bond acceptors (Lipinski definition) is 6. The zero-order valence-electron chi connectivity index (χ0n) is 17.5. The molecule has 8 nitrogen and oxygen atoms in total. The van der Waals surface area contributed by atoms with Crippen LogP contribution < -0.4 is 5.32 Å². The molecule has 3 rings (SSSR count). The summed E-state index contributed by atoms with van der Waals surface area (Å²) in [5, 5.41) is 6.99. The van der Waals surface area contributed by atoms with Gasteiger partial charge in [0.05, 0.1) is 34.9 Å². The van der Waals surface area contributed by atoms with Crippen LogP contribution in [0.15, 0.2) is 54.6 Å².